The Hall–Kier alpha value is -1.06. The minimum atomic E-state index is -0.356. The molecule has 1 rings (SSSR count). The number of hydrogen-bond donors (Lipinski definition) is 0. The van der Waals surface area contributed by atoms with Crippen molar-refractivity contribution in [2.24, 2.45) is 11.8 Å². The predicted octanol–water partition coefficient (Wildman–Crippen LogP) is 1.05. The Kier molecular flexibility index (Phi) is 3.72. The average Bonchev–Trinajstić information content (AvgIpc) is 2.90. The van der Waals surface area contributed by atoms with Gasteiger partial charge in [-0.1, -0.05) is 6.92 Å². The SMILES string of the molecule is COC(=O)CN(C(=O)C1CC1C)C(C)C. The molecule has 1 saturated carbocycles. The largest absolute Gasteiger partial charge is 0.468 e. The summed E-state index contributed by atoms with van der Waals surface area (Å²) in [5, 5.41) is 0. The maximum absolute atomic E-state index is 11.9. The molecule has 0 aromatic carbocycles. The number of amides is 1. The maximum atomic E-state index is 11.9. The normalized spacial score (nSPS) is 23.8. The zero-order chi connectivity index (χ0) is 11.6. The van der Waals surface area contributed by atoms with Crippen molar-refractivity contribution in [1.82, 2.24) is 4.90 Å². The zero-order valence-electron chi connectivity index (χ0n) is 9.82. The Balaban J connectivity index is 2.57. The van der Waals surface area contributed by atoms with Crippen LogP contribution in [0.3, 0.4) is 0 Å². The van der Waals surface area contributed by atoms with Gasteiger partial charge in [0.2, 0.25) is 5.91 Å². The summed E-state index contributed by atoms with van der Waals surface area (Å²) in [6.45, 7) is 5.94. The van der Waals surface area contributed by atoms with Crippen LogP contribution in [-0.2, 0) is 14.3 Å². The Morgan fingerprint density at radius 1 is 1.47 bits per heavy atom. The Bertz CT molecular complexity index is 263. The number of carbonyl (C=O) groups is 2. The van der Waals surface area contributed by atoms with Crippen molar-refractivity contribution < 1.29 is 14.3 Å². The van der Waals surface area contributed by atoms with E-state index in [0.717, 1.165) is 6.42 Å². The molecule has 86 valence electrons. The van der Waals surface area contributed by atoms with E-state index < -0.39 is 0 Å². The fraction of sp³-hybridized carbons (Fsp3) is 0.818. The topological polar surface area (TPSA) is 46.6 Å². The van der Waals surface area contributed by atoms with Gasteiger partial charge in [0.15, 0.2) is 0 Å². The van der Waals surface area contributed by atoms with Gasteiger partial charge in [-0.15, -0.1) is 0 Å². The van der Waals surface area contributed by atoms with Crippen LogP contribution >= 0.6 is 0 Å². The van der Waals surface area contributed by atoms with Gasteiger partial charge in [-0.25, -0.2) is 0 Å². The van der Waals surface area contributed by atoms with Gasteiger partial charge in [-0.2, -0.15) is 0 Å². The molecule has 4 nitrogen and oxygen atoms in total. The highest BCUT2D eigenvalue weighted by Crippen LogP contribution is 2.39. The van der Waals surface area contributed by atoms with Crippen molar-refractivity contribution in [3.63, 3.8) is 0 Å². The summed E-state index contributed by atoms with van der Waals surface area (Å²) in [6.07, 6.45) is 0.948. The van der Waals surface area contributed by atoms with E-state index in [4.69, 9.17) is 0 Å². The van der Waals surface area contributed by atoms with Crippen LogP contribution in [0, 0.1) is 11.8 Å². The van der Waals surface area contributed by atoms with Gasteiger partial charge in [0.25, 0.3) is 0 Å². The lowest BCUT2D eigenvalue weighted by Crippen LogP contribution is -2.42. The first-order valence-corrected chi connectivity index (χ1v) is 5.34. The van der Waals surface area contributed by atoms with Crippen LogP contribution < -0.4 is 0 Å². The van der Waals surface area contributed by atoms with Crippen LogP contribution in [0.15, 0.2) is 0 Å². The van der Waals surface area contributed by atoms with Gasteiger partial charge < -0.3 is 9.64 Å². The van der Waals surface area contributed by atoms with Gasteiger partial charge in [-0.05, 0) is 26.2 Å². The number of hydrogen-bond acceptors (Lipinski definition) is 3. The molecule has 2 unspecified atom stereocenters. The van der Waals surface area contributed by atoms with E-state index in [0.29, 0.717) is 5.92 Å². The summed E-state index contributed by atoms with van der Waals surface area (Å²) in [6, 6.07) is 0.0457. The van der Waals surface area contributed by atoms with Gasteiger partial charge in [0.1, 0.15) is 6.54 Å². The third kappa shape index (κ3) is 2.94. The lowest BCUT2D eigenvalue weighted by Gasteiger charge is -2.25. The van der Waals surface area contributed by atoms with E-state index in [1.54, 1.807) is 4.90 Å². The smallest absolute Gasteiger partial charge is 0.325 e. The molecule has 0 spiro atoms. The van der Waals surface area contributed by atoms with E-state index >= 15 is 0 Å². The highest BCUT2D eigenvalue weighted by Gasteiger charge is 2.42. The van der Waals surface area contributed by atoms with Crippen LogP contribution in [0.4, 0.5) is 0 Å². The van der Waals surface area contributed by atoms with Crippen LogP contribution in [0.1, 0.15) is 27.2 Å². The van der Waals surface area contributed by atoms with Crippen molar-refractivity contribution in [3.05, 3.63) is 0 Å². The first kappa shape index (κ1) is 12.0. The molecular formula is C11H19NO3. The highest BCUT2D eigenvalue weighted by atomic mass is 16.5. The maximum Gasteiger partial charge on any atom is 0.325 e. The first-order chi connectivity index (χ1) is 6.97. The summed E-state index contributed by atoms with van der Waals surface area (Å²) < 4.78 is 4.58. The molecule has 0 heterocycles. The molecule has 0 saturated heterocycles. The van der Waals surface area contributed by atoms with E-state index in [1.165, 1.54) is 7.11 Å². The Morgan fingerprint density at radius 3 is 2.33 bits per heavy atom. The summed E-state index contributed by atoms with van der Waals surface area (Å²) in [5.41, 5.74) is 0. The fourth-order valence-electron chi connectivity index (χ4n) is 1.60. The second-order valence-corrected chi connectivity index (χ2v) is 4.46. The van der Waals surface area contributed by atoms with Crippen LogP contribution in [0.5, 0.6) is 0 Å². The number of methoxy groups -OCH3 is 1. The second-order valence-electron chi connectivity index (χ2n) is 4.46. The van der Waals surface area contributed by atoms with Gasteiger partial charge >= 0.3 is 5.97 Å². The first-order valence-electron chi connectivity index (χ1n) is 5.34. The molecule has 1 aliphatic rings. The molecule has 1 amide bonds. The molecule has 0 aromatic heterocycles. The van der Waals surface area contributed by atoms with Gasteiger partial charge in [0.05, 0.1) is 7.11 Å². The monoisotopic (exact) mass is 213 g/mol. The van der Waals surface area contributed by atoms with E-state index in [-0.39, 0.29) is 30.4 Å². The quantitative estimate of drug-likeness (QED) is 0.656. The number of ether oxygens (including phenoxy) is 1. The van der Waals surface area contributed by atoms with Crippen molar-refractivity contribution >= 4 is 11.9 Å². The number of carbonyl (C=O) groups excluding carboxylic acids is 2. The lowest BCUT2D eigenvalue weighted by atomic mass is 10.2. The molecule has 1 fully saturated rings. The van der Waals surface area contributed by atoms with Crippen molar-refractivity contribution in [2.75, 3.05) is 13.7 Å². The minimum absolute atomic E-state index is 0.0457. The standard InChI is InChI=1S/C11H19NO3/c1-7(2)12(6-10(13)15-4)11(14)9-5-8(9)3/h7-9H,5-6H2,1-4H3. The van der Waals surface area contributed by atoms with Crippen LogP contribution in [-0.4, -0.2) is 36.5 Å². The molecule has 4 heteroatoms. The molecule has 15 heavy (non-hydrogen) atoms. The van der Waals surface area contributed by atoms with Crippen molar-refractivity contribution in [3.8, 4) is 0 Å². The molecule has 2 atom stereocenters. The van der Waals surface area contributed by atoms with E-state index in [2.05, 4.69) is 11.7 Å². The van der Waals surface area contributed by atoms with Gasteiger partial charge in [-0.3, -0.25) is 9.59 Å². The van der Waals surface area contributed by atoms with E-state index in [1.807, 2.05) is 13.8 Å². The third-order valence-electron chi connectivity index (χ3n) is 2.86. The number of rotatable bonds is 4. The molecule has 0 aliphatic heterocycles. The lowest BCUT2D eigenvalue weighted by molar-refractivity contribution is -0.148. The molecule has 0 N–H and O–H groups in total. The number of nitrogens with zero attached hydrogens (tertiary/aromatic N) is 1. The minimum Gasteiger partial charge on any atom is -0.468 e. The number of esters is 1. The summed E-state index contributed by atoms with van der Waals surface area (Å²) in [7, 11) is 1.34. The Morgan fingerprint density at radius 2 is 2.00 bits per heavy atom. The van der Waals surface area contributed by atoms with Gasteiger partial charge in [0, 0.05) is 12.0 Å². The molecule has 0 radical (unpaired) electrons. The molecule has 0 bridgehead atoms. The van der Waals surface area contributed by atoms with Crippen molar-refractivity contribution in [1.29, 1.82) is 0 Å². The molecule has 1 aliphatic carbocycles. The highest BCUT2D eigenvalue weighted by molar-refractivity contribution is 5.85. The molecular weight excluding hydrogens is 194 g/mol. The summed E-state index contributed by atoms with van der Waals surface area (Å²) in [4.78, 5) is 24.7. The second kappa shape index (κ2) is 4.64. The van der Waals surface area contributed by atoms with Crippen LogP contribution in [0.25, 0.3) is 0 Å². The van der Waals surface area contributed by atoms with E-state index in [9.17, 15) is 9.59 Å². The zero-order valence-corrected chi connectivity index (χ0v) is 9.82. The predicted molar refractivity (Wildman–Crippen MR) is 56.1 cm³/mol. The summed E-state index contributed by atoms with van der Waals surface area (Å²) in [5.74, 6) is 0.321. The average molecular weight is 213 g/mol. The van der Waals surface area contributed by atoms with Crippen molar-refractivity contribution in [2.45, 2.75) is 33.2 Å². The van der Waals surface area contributed by atoms with Crippen LogP contribution in [0.2, 0.25) is 0 Å². The molecule has 0 aromatic rings. The fourth-order valence-corrected chi connectivity index (χ4v) is 1.60. The summed E-state index contributed by atoms with van der Waals surface area (Å²) >= 11 is 0. The Labute approximate surface area is 90.6 Å². The third-order valence-corrected chi connectivity index (χ3v) is 2.86.